The van der Waals surface area contributed by atoms with Gasteiger partial charge in [0.05, 0.1) is 17.0 Å². The highest BCUT2D eigenvalue weighted by Gasteiger charge is 2.43. The molecule has 2 aromatic heterocycles. The van der Waals surface area contributed by atoms with Gasteiger partial charge >= 0.3 is 23.8 Å². The van der Waals surface area contributed by atoms with Crippen LogP contribution in [0.4, 0.5) is 19.0 Å². The number of nitrogens with zero attached hydrogens (tertiary/aromatic N) is 4. The summed E-state index contributed by atoms with van der Waals surface area (Å²) in [4.78, 5) is 52.1. The second-order valence-corrected chi connectivity index (χ2v) is 11.4. The molecule has 232 valence electrons. The molecule has 6 rings (SSSR count). The van der Waals surface area contributed by atoms with Crippen molar-refractivity contribution in [3.05, 3.63) is 100 Å². The Morgan fingerprint density at radius 3 is 2.44 bits per heavy atom. The number of anilines is 1. The molecule has 3 aromatic carbocycles. The molecule has 1 aliphatic rings. The van der Waals surface area contributed by atoms with Crippen molar-refractivity contribution in [2.45, 2.75) is 44.8 Å². The molecule has 0 spiro atoms. The second kappa shape index (κ2) is 12.2. The van der Waals surface area contributed by atoms with Gasteiger partial charge in [-0.05, 0) is 54.7 Å². The number of aromatic amines is 1. The van der Waals surface area contributed by atoms with Crippen molar-refractivity contribution in [3.8, 4) is 0 Å². The summed E-state index contributed by atoms with van der Waals surface area (Å²) in [5.74, 6) is -3.55. The number of halogens is 3. The number of para-hydroxylation sites is 2. The van der Waals surface area contributed by atoms with E-state index in [0.717, 1.165) is 40.5 Å². The summed E-state index contributed by atoms with van der Waals surface area (Å²) in [6, 6.07) is 20.7. The van der Waals surface area contributed by atoms with Gasteiger partial charge in [0.1, 0.15) is 11.6 Å². The van der Waals surface area contributed by atoms with Crippen LogP contribution in [-0.4, -0.2) is 50.7 Å². The van der Waals surface area contributed by atoms with Crippen LogP contribution in [0.1, 0.15) is 35.7 Å². The Balaban J connectivity index is 1.20. The van der Waals surface area contributed by atoms with E-state index in [4.69, 9.17) is 4.98 Å². The van der Waals surface area contributed by atoms with Crippen molar-refractivity contribution >= 4 is 39.6 Å². The van der Waals surface area contributed by atoms with Gasteiger partial charge < -0.3 is 14.6 Å². The van der Waals surface area contributed by atoms with Gasteiger partial charge in [-0.1, -0.05) is 54.6 Å². The highest BCUT2D eigenvalue weighted by atomic mass is 19.4. The number of alkyl halides is 3. The van der Waals surface area contributed by atoms with Crippen molar-refractivity contribution in [3.63, 3.8) is 0 Å². The lowest BCUT2D eigenvalue weighted by Crippen LogP contribution is -2.38. The summed E-state index contributed by atoms with van der Waals surface area (Å²) in [6.07, 6.45) is -2.24. The Hall–Kier alpha value is -5.00. The summed E-state index contributed by atoms with van der Waals surface area (Å²) in [7, 11) is 0. The van der Waals surface area contributed by atoms with Crippen molar-refractivity contribution in [2.24, 2.45) is 5.92 Å². The van der Waals surface area contributed by atoms with Crippen molar-refractivity contribution in [1.29, 1.82) is 0 Å². The molecule has 3 heterocycles. The van der Waals surface area contributed by atoms with Crippen LogP contribution in [0.15, 0.2) is 77.7 Å². The number of nitrogens with one attached hydrogen (secondary N) is 1. The monoisotopic (exact) mass is 617 g/mol. The molecule has 0 saturated carbocycles. The van der Waals surface area contributed by atoms with E-state index in [-0.39, 0.29) is 18.9 Å². The molecular formula is C33H30F3N5O4. The largest absolute Gasteiger partial charge is 0.491 e. The minimum atomic E-state index is -5.34. The van der Waals surface area contributed by atoms with Gasteiger partial charge in [-0.3, -0.25) is 9.36 Å². The van der Waals surface area contributed by atoms with Crippen LogP contribution in [0.25, 0.3) is 21.8 Å². The fraction of sp³-hybridized carbons (Fsp3) is 0.303. The summed E-state index contributed by atoms with van der Waals surface area (Å²) in [6.45, 7) is 2.76. The van der Waals surface area contributed by atoms with Crippen LogP contribution < -0.4 is 10.6 Å². The molecule has 0 amide bonds. The molecule has 45 heavy (non-hydrogen) atoms. The number of ether oxygens (including phenoxy) is 1. The molecule has 12 heteroatoms. The number of piperidine rings is 1. The number of hydrogen-bond acceptors (Lipinski definition) is 7. The highest BCUT2D eigenvalue weighted by molar-refractivity contribution is 5.90. The topological polar surface area (TPSA) is 110 Å². The maximum absolute atomic E-state index is 13.2. The summed E-state index contributed by atoms with van der Waals surface area (Å²) in [5.41, 5.74) is 2.55. The first-order valence-corrected chi connectivity index (χ1v) is 14.6. The van der Waals surface area contributed by atoms with Gasteiger partial charge in [0.25, 0.3) is 0 Å². The maximum Gasteiger partial charge on any atom is 0.491 e. The van der Waals surface area contributed by atoms with E-state index < -0.39 is 29.7 Å². The van der Waals surface area contributed by atoms with E-state index in [9.17, 15) is 27.6 Å². The lowest BCUT2D eigenvalue weighted by atomic mass is 9.96. The Bertz CT molecular complexity index is 1910. The number of esters is 2. The molecule has 0 bridgehead atoms. The molecule has 0 radical (unpaired) electrons. The van der Waals surface area contributed by atoms with E-state index >= 15 is 0 Å². The zero-order chi connectivity index (χ0) is 31.7. The van der Waals surface area contributed by atoms with E-state index in [2.05, 4.69) is 14.7 Å². The molecule has 0 aliphatic carbocycles. The van der Waals surface area contributed by atoms with Gasteiger partial charge in [0, 0.05) is 37.3 Å². The fourth-order valence-electron chi connectivity index (χ4n) is 5.91. The molecule has 1 fully saturated rings. The number of benzene rings is 3. The Kier molecular flexibility index (Phi) is 8.13. The minimum absolute atomic E-state index is 0.0582. The first kappa shape index (κ1) is 30.0. The molecule has 1 unspecified atom stereocenters. The summed E-state index contributed by atoms with van der Waals surface area (Å²) < 4.78 is 44.1. The molecule has 9 nitrogen and oxygen atoms in total. The van der Waals surface area contributed by atoms with Crippen molar-refractivity contribution in [1.82, 2.24) is 19.5 Å². The van der Waals surface area contributed by atoms with Crippen molar-refractivity contribution in [2.75, 3.05) is 18.0 Å². The number of carbonyl (C=O) groups excluding carboxylic acids is 2. The quantitative estimate of drug-likeness (QED) is 0.191. The second-order valence-electron chi connectivity index (χ2n) is 11.4. The van der Waals surface area contributed by atoms with Gasteiger partial charge in [-0.2, -0.15) is 18.2 Å². The summed E-state index contributed by atoms with van der Waals surface area (Å²) in [5, 5.41) is 1.82. The Morgan fingerprint density at radius 1 is 1.00 bits per heavy atom. The van der Waals surface area contributed by atoms with E-state index in [1.807, 2.05) is 65.6 Å². The third kappa shape index (κ3) is 6.59. The molecule has 1 aliphatic heterocycles. The lowest BCUT2D eigenvalue weighted by Gasteiger charge is -2.32. The van der Waals surface area contributed by atoms with Crippen LogP contribution >= 0.6 is 0 Å². The van der Waals surface area contributed by atoms with Gasteiger partial charge in [0.15, 0.2) is 0 Å². The lowest BCUT2D eigenvalue weighted by molar-refractivity contribution is -0.203. The summed E-state index contributed by atoms with van der Waals surface area (Å²) >= 11 is 0. The molecule has 1 N–H and O–H groups in total. The van der Waals surface area contributed by atoms with Crippen LogP contribution in [-0.2, 0) is 27.3 Å². The third-order valence-corrected chi connectivity index (χ3v) is 8.21. The van der Waals surface area contributed by atoms with Gasteiger partial charge in [-0.25, -0.2) is 14.6 Å². The average molecular weight is 618 g/mol. The number of hydrogen-bond donors (Lipinski definition) is 1. The predicted octanol–water partition coefficient (Wildman–Crippen LogP) is 5.46. The number of aryl methyl sites for hydroxylation is 1. The van der Waals surface area contributed by atoms with Crippen LogP contribution in [0.2, 0.25) is 0 Å². The van der Waals surface area contributed by atoms with E-state index in [0.29, 0.717) is 30.0 Å². The first-order valence-electron chi connectivity index (χ1n) is 14.6. The van der Waals surface area contributed by atoms with Crippen LogP contribution in [0.3, 0.4) is 0 Å². The first-order chi connectivity index (χ1) is 21.5. The van der Waals surface area contributed by atoms with Crippen LogP contribution in [0.5, 0.6) is 0 Å². The molecular weight excluding hydrogens is 587 g/mol. The van der Waals surface area contributed by atoms with E-state index in [1.165, 1.54) is 4.57 Å². The smallest absolute Gasteiger partial charge is 0.386 e. The zero-order valence-corrected chi connectivity index (χ0v) is 24.4. The van der Waals surface area contributed by atoms with E-state index in [1.54, 1.807) is 19.2 Å². The third-order valence-electron chi connectivity index (χ3n) is 8.21. The van der Waals surface area contributed by atoms with Crippen molar-refractivity contribution < 1.29 is 27.5 Å². The number of aromatic nitrogens is 4. The number of H-pyrrole nitrogens is 1. The normalized spacial score (nSPS) is 15.0. The number of fused-ring (bicyclic) bond motifs is 2. The predicted molar refractivity (Wildman–Crippen MR) is 162 cm³/mol. The average Bonchev–Trinajstić information content (AvgIpc) is 3.46. The number of carbonyl (C=O) groups is 2. The zero-order valence-electron chi connectivity index (χ0n) is 24.4. The molecule has 5 aromatic rings. The highest BCUT2D eigenvalue weighted by Crippen LogP contribution is 2.30. The Morgan fingerprint density at radius 2 is 1.71 bits per heavy atom. The molecule has 1 atom stereocenters. The van der Waals surface area contributed by atoms with Gasteiger partial charge in [-0.15, -0.1) is 0 Å². The minimum Gasteiger partial charge on any atom is -0.386 e. The standard InChI is InChI=1S/C33H30F3N5O4/c1-20-18-41(32(44)39-29(20)40-14-12-23(13-15-40)28-37-26-8-4-5-9-27(26)38-28)19-25(30(42)45-31(43)33(34,35)36)17-21-10-11-22-6-2-3-7-24(22)16-21/h2-11,16,18,23,25H,12-15,17,19H2,1H3,(H,37,38). The SMILES string of the molecule is Cc1cn(CC(Cc2ccc3ccccc3c2)C(=O)OC(=O)C(F)(F)F)c(=O)nc1N1CCC(c2nc3ccccc3[nH]2)CC1. The fourth-order valence-corrected chi connectivity index (χ4v) is 5.91. The maximum atomic E-state index is 13.2. The van der Waals surface area contributed by atoms with Gasteiger partial charge in [0.2, 0.25) is 0 Å². The Labute approximate surface area is 255 Å². The number of imidazole rings is 1. The number of rotatable bonds is 7. The molecule has 1 saturated heterocycles. The van der Waals surface area contributed by atoms with Crippen LogP contribution in [0, 0.1) is 12.8 Å².